The Balaban J connectivity index is 1.76. The van der Waals surface area contributed by atoms with E-state index in [0.29, 0.717) is 35.8 Å². The third-order valence-electron chi connectivity index (χ3n) is 5.14. The lowest BCUT2D eigenvalue weighted by Crippen LogP contribution is -2.33. The topological polar surface area (TPSA) is 111 Å². The Labute approximate surface area is 179 Å². The molecule has 2 atom stereocenters. The number of anilines is 1. The fourth-order valence-electron chi connectivity index (χ4n) is 3.66. The summed E-state index contributed by atoms with van der Waals surface area (Å²) in [6.45, 7) is 4.79. The van der Waals surface area contributed by atoms with Gasteiger partial charge in [-0.1, -0.05) is 19.1 Å². The van der Waals surface area contributed by atoms with Crippen molar-refractivity contribution in [3.05, 3.63) is 45.8 Å². The zero-order valence-electron chi connectivity index (χ0n) is 17.0. The number of amides is 1. The average Bonchev–Trinajstić information content (AvgIpc) is 3.10. The Morgan fingerprint density at radius 2 is 2.27 bits per heavy atom. The number of nitriles is 1. The van der Waals surface area contributed by atoms with E-state index in [1.807, 2.05) is 38.1 Å². The highest BCUT2D eigenvalue weighted by Crippen LogP contribution is 2.40. The van der Waals surface area contributed by atoms with Crippen molar-refractivity contribution in [2.24, 2.45) is 0 Å². The molecule has 1 unspecified atom stereocenters. The standard InChI is InChI=1S/C22H25N3O4S/c1-3-29-15-6-4-5-14(8-15)13(2)7-20(28)25-22-16(9-23)21-17(18(27)12-26)10-24-11-19(21)30-22/h4-6,8,13,17,24,26H,3,7,10-12H2,1-2H3,(H,25,28)/t13-,17?/m0/s1. The van der Waals surface area contributed by atoms with Crippen LogP contribution in [0.2, 0.25) is 0 Å². The number of ketones is 1. The Hall–Kier alpha value is -2.73. The fourth-order valence-corrected chi connectivity index (χ4v) is 4.86. The smallest absolute Gasteiger partial charge is 0.225 e. The van der Waals surface area contributed by atoms with Crippen LogP contribution < -0.4 is 15.4 Å². The fraction of sp³-hybridized carbons (Fsp3) is 0.409. The normalized spacial score (nSPS) is 16.3. The van der Waals surface area contributed by atoms with E-state index in [2.05, 4.69) is 16.7 Å². The first-order chi connectivity index (χ1) is 14.5. The van der Waals surface area contributed by atoms with E-state index in [4.69, 9.17) is 4.74 Å². The number of aliphatic hydroxyl groups excluding tert-OH is 1. The van der Waals surface area contributed by atoms with Crippen LogP contribution in [0.25, 0.3) is 0 Å². The predicted molar refractivity (Wildman–Crippen MR) is 115 cm³/mol. The van der Waals surface area contributed by atoms with Crippen molar-refractivity contribution in [3.8, 4) is 11.8 Å². The van der Waals surface area contributed by atoms with E-state index in [1.165, 1.54) is 11.3 Å². The SMILES string of the molecule is CCOc1cccc([C@@H](C)CC(=O)Nc2sc3c(c2C#N)C(C(=O)CO)CNC3)c1. The molecule has 3 N–H and O–H groups in total. The van der Waals surface area contributed by atoms with Crippen LogP contribution in [0.15, 0.2) is 24.3 Å². The number of Topliss-reactive ketones (excluding diaryl/α,β-unsaturated/α-hetero) is 1. The number of ether oxygens (including phenoxy) is 1. The minimum absolute atomic E-state index is 0.0316. The molecular weight excluding hydrogens is 402 g/mol. The van der Waals surface area contributed by atoms with Gasteiger partial charge in [-0.25, -0.2) is 0 Å². The third-order valence-corrected chi connectivity index (χ3v) is 6.26. The molecule has 0 saturated heterocycles. The van der Waals surface area contributed by atoms with Gasteiger partial charge in [0.25, 0.3) is 0 Å². The molecular formula is C22H25N3O4S. The molecule has 1 aliphatic rings. The van der Waals surface area contributed by atoms with E-state index in [-0.39, 0.29) is 24.0 Å². The molecule has 0 radical (unpaired) electrons. The first kappa shape index (κ1) is 22.0. The molecule has 158 valence electrons. The number of benzene rings is 1. The van der Waals surface area contributed by atoms with Crippen molar-refractivity contribution < 1.29 is 19.4 Å². The minimum atomic E-state index is -0.577. The maximum Gasteiger partial charge on any atom is 0.225 e. The van der Waals surface area contributed by atoms with Crippen molar-refractivity contribution in [2.45, 2.75) is 38.6 Å². The maximum absolute atomic E-state index is 12.7. The zero-order valence-corrected chi connectivity index (χ0v) is 17.8. The second-order valence-electron chi connectivity index (χ2n) is 7.22. The van der Waals surface area contributed by atoms with Crippen LogP contribution in [-0.2, 0) is 16.1 Å². The number of thiophene rings is 1. The highest BCUT2D eigenvalue weighted by Gasteiger charge is 2.32. The Kier molecular flexibility index (Phi) is 7.21. The van der Waals surface area contributed by atoms with Crippen LogP contribution in [0.1, 0.15) is 53.7 Å². The average molecular weight is 428 g/mol. The molecule has 0 spiro atoms. The van der Waals surface area contributed by atoms with Gasteiger partial charge in [0.2, 0.25) is 5.91 Å². The number of nitrogens with zero attached hydrogens (tertiary/aromatic N) is 1. The van der Waals surface area contributed by atoms with Crippen LogP contribution in [0.3, 0.4) is 0 Å². The molecule has 2 aromatic rings. The number of hydrogen-bond donors (Lipinski definition) is 3. The minimum Gasteiger partial charge on any atom is -0.494 e. The summed E-state index contributed by atoms with van der Waals surface area (Å²) in [6, 6.07) is 9.82. The molecule has 0 aliphatic carbocycles. The first-order valence-electron chi connectivity index (χ1n) is 9.91. The van der Waals surface area contributed by atoms with E-state index in [1.54, 1.807) is 0 Å². The first-order valence-corrected chi connectivity index (χ1v) is 10.7. The van der Waals surface area contributed by atoms with Gasteiger partial charge in [-0.15, -0.1) is 11.3 Å². The Morgan fingerprint density at radius 3 is 2.97 bits per heavy atom. The van der Waals surface area contributed by atoms with Crippen LogP contribution in [-0.4, -0.2) is 36.6 Å². The molecule has 0 bridgehead atoms. The van der Waals surface area contributed by atoms with Gasteiger partial charge in [-0.3, -0.25) is 9.59 Å². The van der Waals surface area contributed by atoms with Gasteiger partial charge in [0.15, 0.2) is 5.78 Å². The van der Waals surface area contributed by atoms with Crippen LogP contribution in [0, 0.1) is 11.3 Å². The second kappa shape index (κ2) is 9.85. The maximum atomic E-state index is 12.7. The van der Waals surface area contributed by atoms with E-state index in [9.17, 15) is 20.0 Å². The summed E-state index contributed by atoms with van der Waals surface area (Å²) in [5.74, 6) is -0.366. The third kappa shape index (κ3) is 4.70. The van der Waals surface area contributed by atoms with Gasteiger partial charge >= 0.3 is 0 Å². The van der Waals surface area contributed by atoms with Crippen molar-refractivity contribution in [2.75, 3.05) is 25.1 Å². The second-order valence-corrected chi connectivity index (χ2v) is 8.33. The molecule has 2 heterocycles. The zero-order chi connectivity index (χ0) is 21.7. The van der Waals surface area contributed by atoms with Gasteiger partial charge in [0, 0.05) is 24.4 Å². The summed E-state index contributed by atoms with van der Waals surface area (Å²) in [5.41, 5.74) is 1.95. The number of carbonyl (C=O) groups excluding carboxylic acids is 2. The molecule has 1 aliphatic heterocycles. The molecule has 0 fully saturated rings. The highest BCUT2D eigenvalue weighted by molar-refractivity contribution is 7.16. The lowest BCUT2D eigenvalue weighted by Gasteiger charge is -2.22. The molecule has 1 aromatic heterocycles. The summed E-state index contributed by atoms with van der Waals surface area (Å²) >= 11 is 1.31. The molecule has 0 saturated carbocycles. The number of fused-ring (bicyclic) bond motifs is 1. The molecule has 7 nitrogen and oxygen atoms in total. The molecule has 3 rings (SSSR count). The number of hydrogen-bond acceptors (Lipinski definition) is 7. The van der Waals surface area contributed by atoms with E-state index in [0.717, 1.165) is 16.2 Å². The van der Waals surface area contributed by atoms with Crippen LogP contribution in [0.4, 0.5) is 5.00 Å². The lowest BCUT2D eigenvalue weighted by molar-refractivity contribution is -0.123. The molecule has 8 heteroatoms. The monoisotopic (exact) mass is 427 g/mol. The number of rotatable bonds is 8. The summed E-state index contributed by atoms with van der Waals surface area (Å²) in [4.78, 5) is 25.6. The molecule has 1 aromatic carbocycles. The largest absolute Gasteiger partial charge is 0.494 e. The van der Waals surface area contributed by atoms with Gasteiger partial charge < -0.3 is 20.5 Å². The summed E-state index contributed by atoms with van der Waals surface area (Å²) in [5, 5.41) is 25.4. The van der Waals surface area contributed by atoms with Gasteiger partial charge in [0.05, 0.1) is 18.1 Å². The van der Waals surface area contributed by atoms with E-state index >= 15 is 0 Å². The van der Waals surface area contributed by atoms with Crippen molar-refractivity contribution in [1.82, 2.24) is 5.32 Å². The van der Waals surface area contributed by atoms with Crippen molar-refractivity contribution in [3.63, 3.8) is 0 Å². The number of aliphatic hydroxyl groups is 1. The Morgan fingerprint density at radius 1 is 1.47 bits per heavy atom. The summed E-state index contributed by atoms with van der Waals surface area (Å²) < 4.78 is 5.53. The summed E-state index contributed by atoms with van der Waals surface area (Å²) in [6.07, 6.45) is 0.250. The van der Waals surface area contributed by atoms with Crippen LogP contribution in [0.5, 0.6) is 5.75 Å². The van der Waals surface area contributed by atoms with Gasteiger partial charge in [0.1, 0.15) is 23.4 Å². The quantitative estimate of drug-likeness (QED) is 0.597. The lowest BCUT2D eigenvalue weighted by atomic mass is 9.89. The van der Waals surface area contributed by atoms with Gasteiger partial charge in [-0.2, -0.15) is 5.26 Å². The van der Waals surface area contributed by atoms with Crippen LogP contribution >= 0.6 is 11.3 Å². The number of carbonyl (C=O) groups is 2. The highest BCUT2D eigenvalue weighted by atomic mass is 32.1. The predicted octanol–water partition coefficient (Wildman–Crippen LogP) is 2.90. The van der Waals surface area contributed by atoms with E-state index < -0.39 is 12.5 Å². The molecule has 30 heavy (non-hydrogen) atoms. The molecule has 1 amide bonds. The number of nitrogens with one attached hydrogen (secondary N) is 2. The van der Waals surface area contributed by atoms with Crippen molar-refractivity contribution >= 4 is 28.0 Å². The van der Waals surface area contributed by atoms with Gasteiger partial charge in [-0.05, 0) is 36.1 Å². The summed E-state index contributed by atoms with van der Waals surface area (Å²) in [7, 11) is 0. The van der Waals surface area contributed by atoms with Crippen molar-refractivity contribution in [1.29, 1.82) is 5.26 Å². The Bertz CT molecular complexity index is 979.